The highest BCUT2D eigenvalue weighted by Crippen LogP contribution is 2.12. The summed E-state index contributed by atoms with van der Waals surface area (Å²) < 4.78 is 9.09. The van der Waals surface area contributed by atoms with Gasteiger partial charge in [0.1, 0.15) is 0 Å². The Labute approximate surface area is 57.7 Å². The summed E-state index contributed by atoms with van der Waals surface area (Å²) >= 11 is 0. The van der Waals surface area contributed by atoms with E-state index < -0.39 is 0 Å². The van der Waals surface area contributed by atoms with Crippen molar-refractivity contribution in [3.8, 4) is 5.95 Å². The number of rotatable bonds is 3. The maximum Gasteiger partial charge on any atom is 0.571 e. The van der Waals surface area contributed by atoms with Crippen LogP contribution in [-0.2, 0) is 0 Å². The monoisotopic (exact) mass is 139 g/mol. The van der Waals surface area contributed by atoms with Gasteiger partial charge >= 0.3 is 7.69 Å². The minimum absolute atomic E-state index is 0.0876. The zero-order valence-corrected chi connectivity index (χ0v) is 4.98. The third-order valence-corrected chi connectivity index (χ3v) is 0.887. The number of hydrogen-bond donors (Lipinski definition) is 1. The molecule has 1 N–H and O–H groups in total. The molecular formula is C5H4BO4. The van der Waals surface area contributed by atoms with E-state index in [9.17, 15) is 4.79 Å². The van der Waals surface area contributed by atoms with Crippen LogP contribution in [0.25, 0.3) is 0 Å². The molecule has 0 aromatic carbocycles. The van der Waals surface area contributed by atoms with Crippen molar-refractivity contribution in [2.24, 2.45) is 0 Å². The van der Waals surface area contributed by atoms with Crippen LogP contribution in [0.5, 0.6) is 5.95 Å². The molecule has 0 unspecified atom stereocenters. The highest BCUT2D eigenvalue weighted by atomic mass is 16.6. The largest absolute Gasteiger partial charge is 0.571 e. The average Bonchev–Trinajstić information content (AvgIpc) is 2.37. The molecule has 4 nitrogen and oxygen atoms in total. The van der Waals surface area contributed by atoms with Gasteiger partial charge in [-0.05, 0) is 6.07 Å². The average molecular weight is 139 g/mol. The third kappa shape index (κ3) is 1.38. The SMILES string of the molecule is O=Cc1ccc(O[B]O)o1. The molecule has 0 aliphatic carbocycles. The van der Waals surface area contributed by atoms with Crippen molar-refractivity contribution in [3.05, 3.63) is 17.9 Å². The van der Waals surface area contributed by atoms with Gasteiger partial charge in [-0.2, -0.15) is 0 Å². The lowest BCUT2D eigenvalue weighted by Gasteiger charge is -1.90. The lowest BCUT2D eigenvalue weighted by molar-refractivity contribution is 0.109. The first-order valence-corrected chi connectivity index (χ1v) is 2.54. The molecule has 0 fully saturated rings. The lowest BCUT2D eigenvalue weighted by Crippen LogP contribution is -1.97. The molecule has 1 aromatic heterocycles. The molecule has 51 valence electrons. The predicted octanol–water partition coefficient (Wildman–Crippen LogP) is -0.00260. The third-order valence-electron chi connectivity index (χ3n) is 0.887. The Bertz CT molecular complexity index is 219. The van der Waals surface area contributed by atoms with Crippen LogP contribution in [0.1, 0.15) is 10.6 Å². The smallest absolute Gasteiger partial charge is 0.510 e. The van der Waals surface area contributed by atoms with Crippen molar-refractivity contribution in [1.82, 2.24) is 0 Å². The summed E-state index contributed by atoms with van der Waals surface area (Å²) in [5.74, 6) is 0.251. The second-order valence-corrected chi connectivity index (χ2v) is 1.50. The van der Waals surface area contributed by atoms with Gasteiger partial charge in [0.2, 0.25) is 0 Å². The van der Waals surface area contributed by atoms with Crippen LogP contribution in [-0.4, -0.2) is 19.0 Å². The fraction of sp³-hybridized carbons (Fsp3) is 0. The van der Waals surface area contributed by atoms with Crippen molar-refractivity contribution < 1.29 is 18.9 Å². The zero-order valence-electron chi connectivity index (χ0n) is 4.98. The Morgan fingerprint density at radius 2 is 2.50 bits per heavy atom. The number of hydrogen-bond acceptors (Lipinski definition) is 4. The van der Waals surface area contributed by atoms with Gasteiger partial charge in [0, 0.05) is 6.07 Å². The van der Waals surface area contributed by atoms with Crippen molar-refractivity contribution in [3.63, 3.8) is 0 Å². The van der Waals surface area contributed by atoms with E-state index in [-0.39, 0.29) is 11.7 Å². The first-order chi connectivity index (χ1) is 4.86. The van der Waals surface area contributed by atoms with Gasteiger partial charge < -0.3 is 14.1 Å². The summed E-state index contributed by atoms with van der Waals surface area (Å²) in [6.07, 6.45) is 0.546. The molecule has 0 amide bonds. The second-order valence-electron chi connectivity index (χ2n) is 1.50. The predicted molar refractivity (Wildman–Crippen MR) is 32.7 cm³/mol. The van der Waals surface area contributed by atoms with Crippen LogP contribution >= 0.6 is 0 Å². The number of carbonyl (C=O) groups is 1. The van der Waals surface area contributed by atoms with E-state index in [0.717, 1.165) is 0 Å². The Hall–Kier alpha value is -1.23. The van der Waals surface area contributed by atoms with Gasteiger partial charge in [-0.15, -0.1) is 0 Å². The quantitative estimate of drug-likeness (QED) is 0.472. The summed E-state index contributed by atoms with van der Waals surface area (Å²) in [6, 6.07) is 2.86. The minimum atomic E-state index is 0.0876. The van der Waals surface area contributed by atoms with Crippen molar-refractivity contribution in [1.29, 1.82) is 0 Å². The van der Waals surface area contributed by atoms with Crippen molar-refractivity contribution >= 4 is 14.0 Å². The van der Waals surface area contributed by atoms with Crippen molar-refractivity contribution in [2.45, 2.75) is 0 Å². The first kappa shape index (κ1) is 6.89. The highest BCUT2D eigenvalue weighted by Gasteiger charge is 2.00. The summed E-state index contributed by atoms with van der Waals surface area (Å²) in [5.41, 5.74) is 0. The molecule has 5 heteroatoms. The molecule has 0 aliphatic rings. The summed E-state index contributed by atoms with van der Waals surface area (Å²) in [4.78, 5) is 10.0. The van der Waals surface area contributed by atoms with E-state index in [1.165, 1.54) is 12.1 Å². The molecule has 1 radical (unpaired) electrons. The molecule has 10 heavy (non-hydrogen) atoms. The molecule has 0 bridgehead atoms. The fourth-order valence-electron chi connectivity index (χ4n) is 0.513. The van der Waals surface area contributed by atoms with E-state index in [2.05, 4.69) is 4.65 Å². The Balaban J connectivity index is 2.68. The van der Waals surface area contributed by atoms with Gasteiger partial charge in [0.15, 0.2) is 12.0 Å². The van der Waals surface area contributed by atoms with E-state index in [4.69, 9.17) is 9.44 Å². The van der Waals surface area contributed by atoms with E-state index in [1.54, 1.807) is 0 Å². The number of carbonyl (C=O) groups excluding carboxylic acids is 1. The number of furan rings is 1. The standard InChI is InChI=1S/C5H4BO4/c7-3-4-1-2-5(9-4)10-6-8/h1-3,8H. The first-order valence-electron chi connectivity index (χ1n) is 2.54. The number of aldehydes is 1. The normalized spacial score (nSPS) is 8.90. The van der Waals surface area contributed by atoms with Gasteiger partial charge in [-0.1, -0.05) is 0 Å². The van der Waals surface area contributed by atoms with Crippen LogP contribution in [0.2, 0.25) is 0 Å². The molecule has 0 aliphatic heterocycles. The Morgan fingerprint density at radius 3 is 3.00 bits per heavy atom. The second kappa shape index (κ2) is 3.07. The van der Waals surface area contributed by atoms with Crippen LogP contribution < -0.4 is 4.65 Å². The highest BCUT2D eigenvalue weighted by molar-refractivity contribution is 6.17. The molecule has 0 saturated carbocycles. The van der Waals surface area contributed by atoms with Crippen LogP contribution in [0.4, 0.5) is 0 Å². The topological polar surface area (TPSA) is 59.7 Å². The molecule has 0 saturated heterocycles. The zero-order chi connectivity index (χ0) is 7.40. The maximum absolute atomic E-state index is 10.0. The van der Waals surface area contributed by atoms with Gasteiger partial charge in [0.05, 0.1) is 0 Å². The van der Waals surface area contributed by atoms with Crippen LogP contribution in [0, 0.1) is 0 Å². The summed E-state index contributed by atoms with van der Waals surface area (Å²) in [5, 5.41) is 8.11. The van der Waals surface area contributed by atoms with E-state index >= 15 is 0 Å². The fourth-order valence-corrected chi connectivity index (χ4v) is 0.513. The van der Waals surface area contributed by atoms with Crippen LogP contribution in [0.15, 0.2) is 16.5 Å². The molecule has 1 aromatic rings. The Morgan fingerprint density at radius 1 is 1.70 bits per heavy atom. The van der Waals surface area contributed by atoms with Crippen molar-refractivity contribution in [2.75, 3.05) is 0 Å². The molecule has 0 atom stereocenters. The summed E-state index contributed by atoms with van der Waals surface area (Å²) in [6.45, 7) is 0. The molecule has 1 heterocycles. The summed E-state index contributed by atoms with van der Waals surface area (Å²) in [7, 11) is 0.480. The van der Waals surface area contributed by atoms with Gasteiger partial charge in [0.25, 0.3) is 5.95 Å². The van der Waals surface area contributed by atoms with Crippen LogP contribution in [0.3, 0.4) is 0 Å². The molecule has 0 spiro atoms. The maximum atomic E-state index is 10.0. The van der Waals surface area contributed by atoms with E-state index in [1.807, 2.05) is 0 Å². The Kier molecular flexibility index (Phi) is 2.12. The van der Waals surface area contributed by atoms with E-state index in [0.29, 0.717) is 14.0 Å². The molecule has 1 rings (SSSR count). The minimum Gasteiger partial charge on any atom is -0.510 e. The lowest BCUT2D eigenvalue weighted by atomic mass is 10.4. The van der Waals surface area contributed by atoms with Gasteiger partial charge in [-0.3, -0.25) is 4.79 Å². The molecular weight excluding hydrogens is 135 g/mol. The van der Waals surface area contributed by atoms with Gasteiger partial charge in [-0.25, -0.2) is 0 Å².